The second-order valence-corrected chi connectivity index (χ2v) is 12.6. The Balaban J connectivity index is 1.29. The van der Waals surface area contributed by atoms with Crippen LogP contribution in [0, 0.1) is 17.6 Å². The van der Waals surface area contributed by atoms with Gasteiger partial charge in [0, 0.05) is 24.6 Å². The Morgan fingerprint density at radius 3 is 2.33 bits per heavy atom. The molecule has 1 aliphatic heterocycles. The van der Waals surface area contributed by atoms with Gasteiger partial charge in [0.25, 0.3) is 0 Å². The van der Waals surface area contributed by atoms with E-state index < -0.39 is 35.6 Å². The van der Waals surface area contributed by atoms with Crippen molar-refractivity contribution in [2.75, 3.05) is 6.54 Å². The molecule has 1 saturated carbocycles. The van der Waals surface area contributed by atoms with E-state index in [1.165, 1.54) is 6.07 Å². The molecule has 0 bridgehead atoms. The summed E-state index contributed by atoms with van der Waals surface area (Å²) in [5, 5.41) is 12.8. The SMILES string of the molecule is O=C(O)CC(NC(=O)C1c2cc(OCc3ccc(F)cc3F)ccc2CCN1C(=O)CC1CCCC1)c1ccc(-c2ccccc2)cc1. The lowest BCUT2D eigenvalue weighted by Crippen LogP contribution is -2.48. The van der Waals surface area contributed by atoms with Crippen LogP contribution in [0.5, 0.6) is 5.75 Å². The van der Waals surface area contributed by atoms with E-state index >= 15 is 0 Å². The number of amides is 2. The van der Waals surface area contributed by atoms with Crippen LogP contribution in [0.25, 0.3) is 11.1 Å². The zero-order valence-electron chi connectivity index (χ0n) is 26.5. The number of hydrogen-bond acceptors (Lipinski definition) is 4. The van der Waals surface area contributed by atoms with Gasteiger partial charge in [0.2, 0.25) is 11.8 Å². The number of carboxylic acids is 1. The first-order chi connectivity index (χ1) is 23.2. The summed E-state index contributed by atoms with van der Waals surface area (Å²) in [7, 11) is 0. The fourth-order valence-corrected chi connectivity index (χ4v) is 6.83. The highest BCUT2D eigenvalue weighted by Crippen LogP contribution is 2.36. The Morgan fingerprint density at radius 2 is 1.62 bits per heavy atom. The van der Waals surface area contributed by atoms with Crippen LogP contribution in [0.1, 0.15) is 72.9 Å². The third kappa shape index (κ3) is 7.73. The molecule has 2 amide bonds. The van der Waals surface area contributed by atoms with Crippen molar-refractivity contribution < 1.29 is 33.0 Å². The predicted molar refractivity (Wildman–Crippen MR) is 177 cm³/mol. The Bertz CT molecular complexity index is 1770. The normalized spacial score (nSPS) is 16.6. The van der Waals surface area contributed by atoms with Gasteiger partial charge in [0.15, 0.2) is 0 Å². The number of nitrogens with one attached hydrogen (secondary N) is 1. The van der Waals surface area contributed by atoms with Crippen LogP contribution in [-0.2, 0) is 27.4 Å². The van der Waals surface area contributed by atoms with Gasteiger partial charge in [0.1, 0.15) is 30.0 Å². The van der Waals surface area contributed by atoms with E-state index in [9.17, 15) is 28.3 Å². The van der Waals surface area contributed by atoms with Crippen molar-refractivity contribution in [1.29, 1.82) is 0 Å². The number of rotatable bonds is 11. The molecule has 7 nitrogen and oxygen atoms in total. The molecular weight excluding hydrogens is 614 g/mol. The third-order valence-corrected chi connectivity index (χ3v) is 9.38. The molecule has 0 radical (unpaired) electrons. The van der Waals surface area contributed by atoms with Gasteiger partial charge in [-0.05, 0) is 77.3 Å². The Hall–Kier alpha value is -5.05. The summed E-state index contributed by atoms with van der Waals surface area (Å²) >= 11 is 0. The van der Waals surface area contributed by atoms with E-state index in [0.717, 1.165) is 54.5 Å². The molecule has 1 heterocycles. The summed E-state index contributed by atoms with van der Waals surface area (Å²) < 4.78 is 33.6. The molecule has 2 atom stereocenters. The maximum atomic E-state index is 14.3. The molecule has 2 aliphatic rings. The average molecular weight is 653 g/mol. The van der Waals surface area contributed by atoms with Crippen LogP contribution >= 0.6 is 0 Å². The molecule has 6 rings (SSSR count). The van der Waals surface area contributed by atoms with Gasteiger partial charge < -0.3 is 20.1 Å². The lowest BCUT2D eigenvalue weighted by molar-refractivity contribution is -0.143. The molecule has 4 aromatic rings. The summed E-state index contributed by atoms with van der Waals surface area (Å²) in [6, 6.07) is 23.9. The molecule has 1 aliphatic carbocycles. The van der Waals surface area contributed by atoms with Crippen LogP contribution in [0.4, 0.5) is 8.78 Å². The number of benzene rings is 4. The first kappa shape index (κ1) is 32.9. The van der Waals surface area contributed by atoms with Crippen LogP contribution in [0.15, 0.2) is 91.0 Å². The molecule has 48 heavy (non-hydrogen) atoms. The van der Waals surface area contributed by atoms with Crippen molar-refractivity contribution in [2.24, 2.45) is 5.92 Å². The maximum absolute atomic E-state index is 14.3. The summed E-state index contributed by atoms with van der Waals surface area (Å²) in [6.45, 7) is 0.179. The van der Waals surface area contributed by atoms with E-state index in [-0.39, 0.29) is 30.4 Å². The van der Waals surface area contributed by atoms with Gasteiger partial charge in [0.05, 0.1) is 12.5 Å². The topological polar surface area (TPSA) is 95.9 Å². The highest BCUT2D eigenvalue weighted by Gasteiger charge is 2.38. The molecule has 4 aromatic carbocycles. The predicted octanol–water partition coefficient (Wildman–Crippen LogP) is 7.55. The minimum atomic E-state index is -1.07. The van der Waals surface area contributed by atoms with Crippen molar-refractivity contribution >= 4 is 17.8 Å². The molecule has 0 spiro atoms. The molecular formula is C39H38F2N2O5. The van der Waals surface area contributed by atoms with Gasteiger partial charge in [-0.25, -0.2) is 8.78 Å². The summed E-state index contributed by atoms with van der Waals surface area (Å²) in [4.78, 5) is 41.7. The van der Waals surface area contributed by atoms with Gasteiger partial charge in [-0.2, -0.15) is 0 Å². The van der Waals surface area contributed by atoms with Gasteiger partial charge >= 0.3 is 5.97 Å². The minimum absolute atomic E-state index is 0.116. The Labute approximate surface area is 278 Å². The number of halogens is 2. The quantitative estimate of drug-likeness (QED) is 0.175. The van der Waals surface area contributed by atoms with Crippen molar-refractivity contribution in [2.45, 2.75) is 63.6 Å². The number of carboxylic acid groups (broad SMARTS) is 1. The smallest absolute Gasteiger partial charge is 0.305 e. The van der Waals surface area contributed by atoms with Crippen molar-refractivity contribution in [1.82, 2.24) is 10.2 Å². The first-order valence-electron chi connectivity index (χ1n) is 16.4. The number of ether oxygens (including phenoxy) is 1. The standard InChI is InChI=1S/C39H38F2N2O5/c40-31-16-14-30(34(41)21-31)24-48-32-17-15-28-18-19-43(36(44)20-25-6-4-5-7-25)38(33(28)22-32)39(47)42-35(23-37(45)46)29-12-10-27(11-13-29)26-8-2-1-3-9-26/h1-3,8-17,21-22,25,35,38H,4-7,18-20,23-24H2,(H,42,47)(H,45,46). The fourth-order valence-electron chi connectivity index (χ4n) is 6.83. The first-order valence-corrected chi connectivity index (χ1v) is 16.4. The van der Waals surface area contributed by atoms with Crippen LogP contribution < -0.4 is 10.1 Å². The van der Waals surface area contributed by atoms with Crippen LogP contribution in [0.3, 0.4) is 0 Å². The van der Waals surface area contributed by atoms with Gasteiger partial charge in [-0.15, -0.1) is 0 Å². The zero-order chi connectivity index (χ0) is 33.6. The Kier molecular flexibility index (Phi) is 10.1. The van der Waals surface area contributed by atoms with E-state index in [2.05, 4.69) is 5.32 Å². The second-order valence-electron chi connectivity index (χ2n) is 12.6. The van der Waals surface area contributed by atoms with Crippen LogP contribution in [-0.4, -0.2) is 34.3 Å². The molecule has 2 N–H and O–H groups in total. The van der Waals surface area contributed by atoms with E-state index in [1.807, 2.05) is 60.7 Å². The molecule has 0 saturated heterocycles. The number of carbonyl (C=O) groups is 3. The number of carbonyl (C=O) groups excluding carboxylic acids is 2. The highest BCUT2D eigenvalue weighted by atomic mass is 19.1. The minimum Gasteiger partial charge on any atom is -0.489 e. The van der Waals surface area contributed by atoms with E-state index in [4.69, 9.17) is 4.74 Å². The molecule has 1 fully saturated rings. The monoisotopic (exact) mass is 652 g/mol. The van der Waals surface area contributed by atoms with Gasteiger partial charge in [-0.1, -0.05) is 73.5 Å². The van der Waals surface area contributed by atoms with Gasteiger partial charge in [-0.3, -0.25) is 14.4 Å². The second kappa shape index (κ2) is 14.8. The van der Waals surface area contributed by atoms with E-state index in [1.54, 1.807) is 17.0 Å². The van der Waals surface area contributed by atoms with Crippen LogP contribution in [0.2, 0.25) is 0 Å². The number of nitrogens with zero attached hydrogens (tertiary/aromatic N) is 1. The number of hydrogen-bond donors (Lipinski definition) is 2. The Morgan fingerprint density at radius 1 is 0.896 bits per heavy atom. The highest BCUT2D eigenvalue weighted by molar-refractivity contribution is 5.90. The molecule has 2 unspecified atom stereocenters. The van der Waals surface area contributed by atoms with E-state index in [0.29, 0.717) is 36.3 Å². The molecule has 9 heteroatoms. The average Bonchev–Trinajstić information content (AvgIpc) is 3.60. The molecule has 248 valence electrons. The fraction of sp³-hybridized carbons (Fsp3) is 0.308. The summed E-state index contributed by atoms with van der Waals surface area (Å²) in [5.74, 6) is -2.46. The lowest BCUT2D eigenvalue weighted by Gasteiger charge is -2.38. The van der Waals surface area contributed by atoms with Crippen molar-refractivity contribution in [3.05, 3.63) is 125 Å². The lowest BCUT2D eigenvalue weighted by atomic mass is 9.90. The number of fused-ring (bicyclic) bond motifs is 1. The number of aliphatic carboxylic acids is 1. The van der Waals surface area contributed by atoms with Crippen molar-refractivity contribution in [3.63, 3.8) is 0 Å². The summed E-state index contributed by atoms with van der Waals surface area (Å²) in [6.07, 6.45) is 4.65. The molecule has 0 aromatic heterocycles. The van der Waals surface area contributed by atoms with Crippen molar-refractivity contribution in [3.8, 4) is 16.9 Å². The zero-order valence-corrected chi connectivity index (χ0v) is 26.5. The third-order valence-electron chi connectivity index (χ3n) is 9.38. The largest absolute Gasteiger partial charge is 0.489 e. The summed E-state index contributed by atoms with van der Waals surface area (Å²) in [5.41, 5.74) is 4.21. The maximum Gasteiger partial charge on any atom is 0.305 e.